The Morgan fingerprint density at radius 1 is 1.26 bits per heavy atom. The molecule has 0 saturated carbocycles. The number of nitro benzene ring substituents is 1. The average molecular weight is 545 g/mol. The van der Waals surface area contributed by atoms with Crippen molar-refractivity contribution in [2.45, 2.75) is 25.2 Å². The van der Waals surface area contributed by atoms with Gasteiger partial charge in [0.2, 0.25) is 5.91 Å². The Bertz CT molecular complexity index is 1250. The highest BCUT2D eigenvalue weighted by atomic mass is 79.9. The molecule has 176 valence electrons. The first-order chi connectivity index (χ1) is 16.3. The number of benzene rings is 2. The lowest BCUT2D eigenvalue weighted by Crippen LogP contribution is -2.25. The molecule has 2 aromatic carbocycles. The fourth-order valence-electron chi connectivity index (χ4n) is 2.99. The fourth-order valence-corrected chi connectivity index (χ4v) is 4.22. The van der Waals surface area contributed by atoms with Gasteiger partial charge in [0.15, 0.2) is 11.0 Å². The van der Waals surface area contributed by atoms with Gasteiger partial charge in [0, 0.05) is 28.8 Å². The van der Waals surface area contributed by atoms with E-state index in [-0.39, 0.29) is 29.8 Å². The molecule has 0 unspecified atom stereocenters. The molecule has 0 radical (unpaired) electrons. The third-order valence-corrected chi connectivity index (χ3v) is 6.32. The van der Waals surface area contributed by atoms with E-state index in [4.69, 9.17) is 0 Å². The number of nitrogens with zero attached hydrogens (tertiary/aromatic N) is 4. The number of halogens is 1. The second-order valence-electron chi connectivity index (χ2n) is 7.05. The molecule has 0 aliphatic rings. The van der Waals surface area contributed by atoms with Crippen molar-refractivity contribution >= 4 is 50.9 Å². The Morgan fingerprint density at radius 2 is 2.03 bits per heavy atom. The summed E-state index contributed by atoms with van der Waals surface area (Å²) in [7, 11) is 0. The predicted molar refractivity (Wildman–Crippen MR) is 133 cm³/mol. The van der Waals surface area contributed by atoms with Crippen molar-refractivity contribution in [1.82, 2.24) is 20.1 Å². The Kier molecular flexibility index (Phi) is 8.55. The molecule has 0 atom stereocenters. The number of non-ortho nitro benzene ring substituents is 1. The minimum atomic E-state index is -0.487. The molecule has 3 aromatic rings. The molecule has 2 N–H and O–H groups in total. The number of aromatic nitrogens is 3. The molecule has 12 heteroatoms. The maximum atomic E-state index is 12.5. The molecule has 0 bridgehead atoms. The van der Waals surface area contributed by atoms with Gasteiger partial charge in [-0.2, -0.15) is 0 Å². The van der Waals surface area contributed by atoms with Crippen molar-refractivity contribution in [2.24, 2.45) is 0 Å². The average Bonchev–Trinajstić information content (AvgIpc) is 3.19. The summed E-state index contributed by atoms with van der Waals surface area (Å²) in [5.74, 6) is 0.0238. The van der Waals surface area contributed by atoms with Gasteiger partial charge in [0.1, 0.15) is 0 Å². The first-order valence-electron chi connectivity index (χ1n) is 10.0. The number of aryl methyl sites for hydroxylation is 1. The van der Waals surface area contributed by atoms with E-state index < -0.39 is 4.92 Å². The van der Waals surface area contributed by atoms with Gasteiger partial charge >= 0.3 is 0 Å². The Morgan fingerprint density at radius 3 is 2.71 bits per heavy atom. The van der Waals surface area contributed by atoms with Crippen molar-refractivity contribution in [3.8, 4) is 0 Å². The van der Waals surface area contributed by atoms with Crippen LogP contribution in [-0.4, -0.2) is 37.3 Å². The number of rotatable bonds is 10. The Hall–Kier alpha value is -3.51. The van der Waals surface area contributed by atoms with Crippen LogP contribution in [0.2, 0.25) is 0 Å². The van der Waals surface area contributed by atoms with Crippen molar-refractivity contribution in [1.29, 1.82) is 0 Å². The van der Waals surface area contributed by atoms with Gasteiger partial charge in [0.25, 0.3) is 11.6 Å². The van der Waals surface area contributed by atoms with E-state index in [0.717, 1.165) is 0 Å². The van der Waals surface area contributed by atoms with Gasteiger partial charge in [-0.1, -0.05) is 30.0 Å². The highest BCUT2D eigenvalue weighted by molar-refractivity contribution is 9.10. The lowest BCUT2D eigenvalue weighted by Gasteiger charge is -2.10. The van der Waals surface area contributed by atoms with E-state index >= 15 is 0 Å². The summed E-state index contributed by atoms with van der Waals surface area (Å²) in [6.07, 6.45) is 1.67. The van der Waals surface area contributed by atoms with Crippen LogP contribution >= 0.6 is 27.7 Å². The number of allylic oxidation sites excluding steroid dienone is 1. The molecule has 10 nitrogen and oxygen atoms in total. The van der Waals surface area contributed by atoms with E-state index in [1.54, 1.807) is 35.8 Å². The zero-order valence-electron chi connectivity index (χ0n) is 18.2. The first kappa shape index (κ1) is 25.1. The van der Waals surface area contributed by atoms with Gasteiger partial charge in [-0.15, -0.1) is 16.8 Å². The number of hydrogen-bond donors (Lipinski definition) is 2. The molecule has 0 aliphatic heterocycles. The van der Waals surface area contributed by atoms with Crippen molar-refractivity contribution in [3.63, 3.8) is 0 Å². The second kappa shape index (κ2) is 11.6. The van der Waals surface area contributed by atoms with Crippen LogP contribution in [0.25, 0.3) is 0 Å². The topological polar surface area (TPSA) is 132 Å². The lowest BCUT2D eigenvalue weighted by atomic mass is 10.2. The Balaban J connectivity index is 1.62. The molecule has 2 amide bonds. The molecule has 1 heterocycles. The van der Waals surface area contributed by atoms with Gasteiger partial charge in [-0.3, -0.25) is 19.7 Å². The minimum Gasteiger partial charge on any atom is -0.345 e. The summed E-state index contributed by atoms with van der Waals surface area (Å²) in [5.41, 5.74) is 1.55. The normalized spacial score (nSPS) is 10.5. The summed E-state index contributed by atoms with van der Waals surface area (Å²) in [5, 5.41) is 25.2. The van der Waals surface area contributed by atoms with Crippen LogP contribution in [0.15, 0.2) is 64.7 Å². The quantitative estimate of drug-likeness (QED) is 0.170. The predicted octanol–water partition coefficient (Wildman–Crippen LogP) is 4.10. The van der Waals surface area contributed by atoms with Crippen molar-refractivity contribution < 1.29 is 14.5 Å². The monoisotopic (exact) mass is 544 g/mol. The van der Waals surface area contributed by atoms with Crippen LogP contribution in [0.3, 0.4) is 0 Å². The summed E-state index contributed by atoms with van der Waals surface area (Å²) >= 11 is 4.54. The first-order valence-corrected chi connectivity index (χ1v) is 11.8. The molecular weight excluding hydrogens is 524 g/mol. The van der Waals surface area contributed by atoms with E-state index in [9.17, 15) is 19.7 Å². The molecule has 3 rings (SSSR count). The van der Waals surface area contributed by atoms with Crippen LogP contribution < -0.4 is 10.6 Å². The number of nitrogens with one attached hydrogen (secondary N) is 2. The number of amides is 2. The molecule has 0 spiro atoms. The highest BCUT2D eigenvalue weighted by Gasteiger charge is 2.16. The second-order valence-corrected chi connectivity index (χ2v) is 8.85. The number of carbonyl (C=O) groups excluding carboxylic acids is 2. The van der Waals surface area contributed by atoms with E-state index in [2.05, 4.69) is 43.3 Å². The third kappa shape index (κ3) is 6.29. The van der Waals surface area contributed by atoms with E-state index in [0.29, 0.717) is 38.8 Å². The number of nitro groups is 1. The van der Waals surface area contributed by atoms with Crippen LogP contribution in [0.5, 0.6) is 0 Å². The number of hydrogen-bond acceptors (Lipinski definition) is 7. The summed E-state index contributed by atoms with van der Waals surface area (Å²) in [4.78, 5) is 35.3. The summed E-state index contributed by atoms with van der Waals surface area (Å²) < 4.78 is 2.45. The molecule has 0 fully saturated rings. The van der Waals surface area contributed by atoms with Gasteiger partial charge in [-0.05, 0) is 46.6 Å². The third-order valence-electron chi connectivity index (χ3n) is 4.66. The molecular formula is C22H21BrN6O4S. The number of carbonyl (C=O) groups is 2. The van der Waals surface area contributed by atoms with Crippen LogP contribution in [0, 0.1) is 17.0 Å². The van der Waals surface area contributed by atoms with E-state index in [1.165, 1.54) is 30.0 Å². The minimum absolute atomic E-state index is 0.0401. The largest absolute Gasteiger partial charge is 0.345 e. The van der Waals surface area contributed by atoms with Crippen LogP contribution in [-0.2, 0) is 17.9 Å². The smallest absolute Gasteiger partial charge is 0.269 e. The van der Waals surface area contributed by atoms with Gasteiger partial charge < -0.3 is 15.2 Å². The maximum absolute atomic E-state index is 12.5. The highest BCUT2D eigenvalue weighted by Crippen LogP contribution is 2.23. The molecule has 0 aliphatic carbocycles. The zero-order chi connectivity index (χ0) is 24.7. The molecule has 1 aromatic heterocycles. The summed E-state index contributed by atoms with van der Waals surface area (Å²) in [6, 6.07) is 11.3. The maximum Gasteiger partial charge on any atom is 0.269 e. The summed E-state index contributed by atoms with van der Waals surface area (Å²) in [6.45, 7) is 5.98. The molecule has 0 saturated heterocycles. The lowest BCUT2D eigenvalue weighted by molar-refractivity contribution is -0.384. The van der Waals surface area contributed by atoms with Crippen molar-refractivity contribution in [2.75, 3.05) is 11.1 Å². The van der Waals surface area contributed by atoms with Crippen LogP contribution in [0.4, 0.5) is 11.4 Å². The van der Waals surface area contributed by atoms with E-state index in [1.807, 2.05) is 6.07 Å². The van der Waals surface area contributed by atoms with Gasteiger partial charge in [-0.25, -0.2) is 0 Å². The number of thioether (sulfide) groups is 1. The van der Waals surface area contributed by atoms with Crippen molar-refractivity contribution in [3.05, 3.63) is 86.7 Å². The zero-order valence-corrected chi connectivity index (χ0v) is 20.6. The SMILES string of the molecule is C=CCn1c(CNC(=O)c2ccccc2Br)nnc1SCC(=O)Nc1ccc([N+](=O)[O-])cc1C. The fraction of sp³-hybridized carbons (Fsp3) is 0.182. The molecule has 34 heavy (non-hydrogen) atoms. The van der Waals surface area contributed by atoms with Gasteiger partial charge in [0.05, 0.1) is 22.8 Å². The van der Waals surface area contributed by atoms with Crippen LogP contribution in [0.1, 0.15) is 21.7 Å². The standard InChI is InChI=1S/C22H21BrN6O4S/c1-3-10-28-19(12-24-21(31)16-6-4-5-7-17(16)23)26-27-22(28)34-13-20(30)25-18-9-8-15(29(32)33)11-14(18)2/h3-9,11H,1,10,12-13H2,2H3,(H,24,31)(H,25,30). The number of anilines is 1. The Labute approximate surface area is 208 Å².